The number of benzene rings is 1. The summed E-state index contributed by atoms with van der Waals surface area (Å²) in [6.07, 6.45) is 3.14. The molecule has 1 aromatic carbocycles. The summed E-state index contributed by atoms with van der Waals surface area (Å²) in [6.45, 7) is 0.285. The van der Waals surface area contributed by atoms with E-state index in [0.717, 1.165) is 11.3 Å². The largest absolute Gasteiger partial charge is 0.326 e. The highest BCUT2D eigenvalue weighted by molar-refractivity contribution is 7.89. The van der Waals surface area contributed by atoms with Crippen LogP contribution >= 0.6 is 0 Å². The van der Waals surface area contributed by atoms with Gasteiger partial charge in [-0.05, 0) is 42.3 Å². The Balaban J connectivity index is 1.69. The van der Waals surface area contributed by atoms with Gasteiger partial charge in [0.25, 0.3) is 0 Å². The van der Waals surface area contributed by atoms with Crippen LogP contribution in [-0.2, 0) is 27.7 Å². The van der Waals surface area contributed by atoms with Gasteiger partial charge in [-0.3, -0.25) is 9.78 Å². The molecule has 0 atom stereocenters. The molecule has 2 N–H and O–H groups in total. The number of aryl methyl sites for hydroxylation is 1. The third-order valence-electron chi connectivity index (χ3n) is 3.68. The Bertz CT molecular complexity index is 820. The first kappa shape index (κ1) is 15.6. The van der Waals surface area contributed by atoms with Crippen LogP contribution in [-0.4, -0.2) is 25.9 Å². The summed E-state index contributed by atoms with van der Waals surface area (Å²) in [6, 6.07) is 10.3. The van der Waals surface area contributed by atoms with Crippen LogP contribution in [0.4, 0.5) is 5.69 Å². The quantitative estimate of drug-likeness (QED) is 0.869. The van der Waals surface area contributed by atoms with E-state index < -0.39 is 10.0 Å². The molecule has 1 aromatic heterocycles. The van der Waals surface area contributed by atoms with Gasteiger partial charge in [0.05, 0.1) is 4.90 Å². The van der Waals surface area contributed by atoms with E-state index in [1.807, 2.05) is 18.2 Å². The van der Waals surface area contributed by atoms with Crippen molar-refractivity contribution < 1.29 is 13.2 Å². The number of rotatable bonds is 5. The van der Waals surface area contributed by atoms with E-state index in [2.05, 4.69) is 15.0 Å². The number of aromatic nitrogens is 1. The van der Waals surface area contributed by atoms with Crippen molar-refractivity contribution in [1.29, 1.82) is 0 Å². The molecule has 7 heteroatoms. The summed E-state index contributed by atoms with van der Waals surface area (Å²) >= 11 is 0. The number of fused-ring (bicyclic) bond motifs is 1. The van der Waals surface area contributed by atoms with Crippen molar-refractivity contribution in [3.63, 3.8) is 0 Å². The molecule has 0 spiro atoms. The number of carbonyl (C=O) groups excluding carboxylic acids is 1. The Morgan fingerprint density at radius 2 is 2.04 bits per heavy atom. The zero-order valence-electron chi connectivity index (χ0n) is 12.5. The standard InChI is InChI=1S/C16H17N3O3S/c20-16-7-4-12-11-14(5-6-15(12)19-16)23(21,22)18-10-8-13-3-1-2-9-17-13/h1-3,5-6,9,11,18H,4,7-8,10H2,(H,19,20). The average Bonchev–Trinajstić information content (AvgIpc) is 2.55. The van der Waals surface area contributed by atoms with E-state index in [4.69, 9.17) is 0 Å². The first-order valence-corrected chi connectivity index (χ1v) is 8.85. The van der Waals surface area contributed by atoms with Gasteiger partial charge in [-0.25, -0.2) is 13.1 Å². The molecular formula is C16H17N3O3S. The molecule has 0 saturated heterocycles. The second-order valence-corrected chi connectivity index (χ2v) is 7.10. The molecular weight excluding hydrogens is 314 g/mol. The summed E-state index contributed by atoms with van der Waals surface area (Å²) in [4.78, 5) is 15.7. The van der Waals surface area contributed by atoms with E-state index in [-0.39, 0.29) is 17.3 Å². The molecule has 2 aromatic rings. The van der Waals surface area contributed by atoms with Crippen molar-refractivity contribution in [2.75, 3.05) is 11.9 Å². The minimum Gasteiger partial charge on any atom is -0.326 e. The lowest BCUT2D eigenvalue weighted by atomic mass is 10.0. The van der Waals surface area contributed by atoms with Gasteiger partial charge < -0.3 is 5.32 Å². The van der Waals surface area contributed by atoms with Crippen molar-refractivity contribution in [2.45, 2.75) is 24.2 Å². The topological polar surface area (TPSA) is 88.2 Å². The normalized spacial score (nSPS) is 14.2. The lowest BCUT2D eigenvalue weighted by molar-refractivity contribution is -0.116. The fourth-order valence-electron chi connectivity index (χ4n) is 2.47. The average molecular weight is 331 g/mol. The van der Waals surface area contributed by atoms with Gasteiger partial charge in [0.15, 0.2) is 0 Å². The van der Waals surface area contributed by atoms with E-state index in [1.54, 1.807) is 18.3 Å². The van der Waals surface area contributed by atoms with Crippen LogP contribution in [0.3, 0.4) is 0 Å². The molecule has 0 saturated carbocycles. The number of pyridine rings is 1. The number of hydrogen-bond acceptors (Lipinski definition) is 4. The monoisotopic (exact) mass is 331 g/mol. The first-order chi connectivity index (χ1) is 11.0. The Kier molecular flexibility index (Phi) is 4.40. The van der Waals surface area contributed by atoms with Crippen LogP contribution in [0.15, 0.2) is 47.5 Å². The molecule has 0 fully saturated rings. The van der Waals surface area contributed by atoms with Gasteiger partial charge in [-0.1, -0.05) is 6.07 Å². The molecule has 0 aliphatic carbocycles. The van der Waals surface area contributed by atoms with Gasteiger partial charge in [-0.15, -0.1) is 0 Å². The smallest absolute Gasteiger partial charge is 0.240 e. The third kappa shape index (κ3) is 3.75. The molecule has 6 nitrogen and oxygen atoms in total. The van der Waals surface area contributed by atoms with Gasteiger partial charge >= 0.3 is 0 Å². The zero-order chi connectivity index (χ0) is 16.3. The van der Waals surface area contributed by atoms with E-state index in [0.29, 0.717) is 24.9 Å². The minimum atomic E-state index is -3.57. The van der Waals surface area contributed by atoms with Crippen LogP contribution in [0.1, 0.15) is 17.7 Å². The predicted octanol–water partition coefficient (Wildman–Crippen LogP) is 1.49. The second-order valence-electron chi connectivity index (χ2n) is 5.34. The van der Waals surface area contributed by atoms with Crippen molar-refractivity contribution in [3.05, 3.63) is 53.9 Å². The Morgan fingerprint density at radius 1 is 1.17 bits per heavy atom. The van der Waals surface area contributed by atoms with Crippen LogP contribution in [0.2, 0.25) is 0 Å². The number of nitrogens with one attached hydrogen (secondary N) is 2. The molecule has 1 aliphatic rings. The maximum absolute atomic E-state index is 12.4. The zero-order valence-corrected chi connectivity index (χ0v) is 13.3. The second kappa shape index (κ2) is 6.47. The highest BCUT2D eigenvalue weighted by Gasteiger charge is 2.19. The van der Waals surface area contributed by atoms with Crippen molar-refractivity contribution in [1.82, 2.24) is 9.71 Å². The van der Waals surface area contributed by atoms with E-state index >= 15 is 0 Å². The Hall–Kier alpha value is -2.25. The fourth-order valence-corrected chi connectivity index (χ4v) is 3.55. The molecule has 1 amide bonds. The first-order valence-electron chi connectivity index (χ1n) is 7.37. The van der Waals surface area contributed by atoms with Gasteiger partial charge in [-0.2, -0.15) is 0 Å². The summed E-state index contributed by atoms with van der Waals surface area (Å²) in [5.41, 5.74) is 2.37. The summed E-state index contributed by atoms with van der Waals surface area (Å²) in [7, 11) is -3.57. The predicted molar refractivity (Wildman–Crippen MR) is 86.5 cm³/mol. The lowest BCUT2D eigenvalue weighted by Gasteiger charge is -2.17. The molecule has 3 rings (SSSR count). The summed E-state index contributed by atoms with van der Waals surface area (Å²) in [5.74, 6) is -0.0402. The number of amides is 1. The number of anilines is 1. The van der Waals surface area contributed by atoms with Crippen molar-refractivity contribution in [3.8, 4) is 0 Å². The SMILES string of the molecule is O=C1CCc2cc(S(=O)(=O)NCCc3ccccn3)ccc2N1. The number of nitrogens with zero attached hydrogens (tertiary/aromatic N) is 1. The molecule has 0 bridgehead atoms. The van der Waals surface area contributed by atoms with Crippen LogP contribution < -0.4 is 10.0 Å². The third-order valence-corrected chi connectivity index (χ3v) is 5.14. The van der Waals surface area contributed by atoms with Gasteiger partial charge in [0.2, 0.25) is 15.9 Å². The minimum absolute atomic E-state index is 0.0402. The van der Waals surface area contributed by atoms with Crippen LogP contribution in [0, 0.1) is 0 Å². The van der Waals surface area contributed by atoms with Crippen LogP contribution in [0.5, 0.6) is 0 Å². The van der Waals surface area contributed by atoms with E-state index in [1.165, 1.54) is 6.07 Å². The van der Waals surface area contributed by atoms with Crippen molar-refractivity contribution >= 4 is 21.6 Å². The lowest BCUT2D eigenvalue weighted by Crippen LogP contribution is -2.27. The highest BCUT2D eigenvalue weighted by Crippen LogP contribution is 2.25. The van der Waals surface area contributed by atoms with Crippen LogP contribution in [0.25, 0.3) is 0 Å². The van der Waals surface area contributed by atoms with Gasteiger partial charge in [0, 0.05) is 37.0 Å². The Labute approximate surface area is 135 Å². The number of carbonyl (C=O) groups is 1. The van der Waals surface area contributed by atoms with Gasteiger partial charge in [0.1, 0.15) is 0 Å². The fraction of sp³-hybridized carbons (Fsp3) is 0.250. The molecule has 120 valence electrons. The van der Waals surface area contributed by atoms with Crippen molar-refractivity contribution in [2.24, 2.45) is 0 Å². The molecule has 0 radical (unpaired) electrons. The maximum atomic E-state index is 12.4. The highest BCUT2D eigenvalue weighted by atomic mass is 32.2. The molecule has 1 aliphatic heterocycles. The summed E-state index contributed by atoms with van der Waals surface area (Å²) < 4.78 is 27.3. The molecule has 0 unspecified atom stereocenters. The number of sulfonamides is 1. The van der Waals surface area contributed by atoms with E-state index in [9.17, 15) is 13.2 Å². The number of hydrogen-bond donors (Lipinski definition) is 2. The Morgan fingerprint density at radius 3 is 2.83 bits per heavy atom. The molecule has 2 heterocycles. The molecule has 23 heavy (non-hydrogen) atoms. The summed E-state index contributed by atoms with van der Waals surface area (Å²) in [5, 5.41) is 2.74. The maximum Gasteiger partial charge on any atom is 0.240 e.